The molecule has 2 aliphatic heterocycles. The van der Waals surface area contributed by atoms with E-state index in [-0.39, 0.29) is 23.8 Å². The third-order valence-corrected chi connectivity index (χ3v) is 6.69. The molecule has 3 heterocycles. The van der Waals surface area contributed by atoms with Gasteiger partial charge in [-0.15, -0.1) is 0 Å². The molecular weight excluding hydrogens is 434 g/mol. The highest BCUT2D eigenvalue weighted by Gasteiger charge is 2.35. The highest BCUT2D eigenvalue weighted by atomic mass is 16.5. The molecule has 34 heavy (non-hydrogen) atoms. The lowest BCUT2D eigenvalue weighted by atomic mass is 9.79. The molecule has 3 aromatic rings. The smallest absolute Gasteiger partial charge is 0.228 e. The van der Waals surface area contributed by atoms with Crippen molar-refractivity contribution in [2.24, 2.45) is 0 Å². The number of aliphatic hydroxyl groups is 1. The van der Waals surface area contributed by atoms with E-state index in [1.54, 1.807) is 7.05 Å². The highest BCUT2D eigenvalue weighted by Crippen LogP contribution is 2.38. The number of likely N-dealkylation sites (N-methyl/N-ethyl adjacent to an activating group) is 1. The number of rotatable bonds is 7. The predicted octanol–water partition coefficient (Wildman–Crippen LogP) is 1.91. The van der Waals surface area contributed by atoms with Gasteiger partial charge in [0.1, 0.15) is 0 Å². The molecule has 2 aromatic carbocycles. The summed E-state index contributed by atoms with van der Waals surface area (Å²) in [7, 11) is 1.64. The van der Waals surface area contributed by atoms with Crippen LogP contribution in [0.1, 0.15) is 34.9 Å². The number of carbonyl (C=O) groups excluding carboxylic acids is 2. The van der Waals surface area contributed by atoms with E-state index in [0.717, 1.165) is 34.5 Å². The summed E-state index contributed by atoms with van der Waals surface area (Å²) in [6, 6.07) is 13.6. The van der Waals surface area contributed by atoms with Crippen LogP contribution in [0.15, 0.2) is 53.4 Å². The summed E-state index contributed by atoms with van der Waals surface area (Å²) >= 11 is 0. The fourth-order valence-electron chi connectivity index (χ4n) is 5.01. The Hall–Kier alpha value is -3.56. The van der Waals surface area contributed by atoms with E-state index in [2.05, 4.69) is 25.7 Å². The van der Waals surface area contributed by atoms with E-state index in [4.69, 9.17) is 4.52 Å². The minimum atomic E-state index is -0.508. The normalized spacial score (nSPS) is 19.5. The molecule has 0 saturated carbocycles. The molecular formula is C25H27N5O4. The van der Waals surface area contributed by atoms with E-state index >= 15 is 0 Å². The maximum absolute atomic E-state index is 13.3. The third kappa shape index (κ3) is 4.44. The van der Waals surface area contributed by atoms with Crippen molar-refractivity contribution in [1.82, 2.24) is 20.4 Å². The molecule has 0 aliphatic carbocycles. The van der Waals surface area contributed by atoms with Crippen molar-refractivity contribution in [3.63, 3.8) is 0 Å². The van der Waals surface area contributed by atoms with Crippen LogP contribution in [0, 0.1) is 0 Å². The second-order valence-corrected chi connectivity index (χ2v) is 8.92. The zero-order valence-electron chi connectivity index (χ0n) is 18.9. The van der Waals surface area contributed by atoms with E-state index in [0.29, 0.717) is 31.8 Å². The van der Waals surface area contributed by atoms with Gasteiger partial charge in [-0.05, 0) is 35.2 Å². The fraction of sp³-hybridized carbons (Fsp3) is 0.360. The Morgan fingerprint density at radius 3 is 2.91 bits per heavy atom. The fourth-order valence-corrected chi connectivity index (χ4v) is 5.01. The monoisotopic (exact) mass is 461 g/mol. The first-order chi connectivity index (χ1) is 16.5. The van der Waals surface area contributed by atoms with Gasteiger partial charge in [0.15, 0.2) is 0 Å². The molecule has 5 rings (SSSR count). The van der Waals surface area contributed by atoms with Gasteiger partial charge in [0.05, 0.1) is 18.4 Å². The van der Waals surface area contributed by atoms with E-state index in [9.17, 15) is 14.7 Å². The molecule has 2 aliphatic rings. The lowest BCUT2D eigenvalue weighted by Crippen LogP contribution is -2.36. The molecule has 2 amide bonds. The van der Waals surface area contributed by atoms with Crippen molar-refractivity contribution in [3.05, 3.63) is 65.5 Å². The molecule has 9 heteroatoms. The van der Waals surface area contributed by atoms with Crippen molar-refractivity contribution >= 4 is 17.5 Å². The molecule has 0 spiro atoms. The van der Waals surface area contributed by atoms with Gasteiger partial charge in [0.2, 0.25) is 24.0 Å². The van der Waals surface area contributed by atoms with Crippen LogP contribution in [-0.2, 0) is 16.0 Å². The Morgan fingerprint density at radius 1 is 1.29 bits per heavy atom. The number of amides is 2. The number of anilines is 1. The second kappa shape index (κ2) is 9.36. The van der Waals surface area contributed by atoms with Gasteiger partial charge in [-0.1, -0.05) is 35.5 Å². The number of fused-ring (bicyclic) bond motifs is 1. The maximum Gasteiger partial charge on any atom is 0.228 e. The lowest BCUT2D eigenvalue weighted by Gasteiger charge is -2.31. The average molecular weight is 462 g/mol. The number of aliphatic hydroxyl groups excluding tert-OH is 1. The predicted molar refractivity (Wildman–Crippen MR) is 125 cm³/mol. The van der Waals surface area contributed by atoms with E-state index in [1.165, 1.54) is 6.39 Å². The first kappa shape index (κ1) is 22.2. The van der Waals surface area contributed by atoms with Gasteiger partial charge in [-0.3, -0.25) is 9.59 Å². The molecule has 1 unspecified atom stereocenters. The zero-order valence-corrected chi connectivity index (χ0v) is 18.9. The van der Waals surface area contributed by atoms with Crippen LogP contribution in [0.4, 0.5) is 5.69 Å². The molecule has 0 radical (unpaired) electrons. The van der Waals surface area contributed by atoms with Crippen LogP contribution in [0.5, 0.6) is 0 Å². The molecule has 9 nitrogen and oxygen atoms in total. The van der Waals surface area contributed by atoms with E-state index in [1.807, 2.05) is 42.5 Å². The Kier molecular flexibility index (Phi) is 6.12. The van der Waals surface area contributed by atoms with Crippen LogP contribution in [-0.4, -0.2) is 64.7 Å². The number of carbonyl (C=O) groups is 2. The number of hydrogen-bond acceptors (Lipinski definition) is 7. The molecule has 1 saturated heterocycles. The average Bonchev–Trinajstić information content (AvgIpc) is 3.59. The van der Waals surface area contributed by atoms with Gasteiger partial charge >= 0.3 is 0 Å². The minimum Gasteiger partial charge on any atom is -0.392 e. The number of β-amino-alcohol motifs (C(OH)–C–C–N with tert-alkyl or cyclic N) is 1. The summed E-state index contributed by atoms with van der Waals surface area (Å²) in [6.07, 6.45) is 1.99. The molecule has 1 aromatic heterocycles. The van der Waals surface area contributed by atoms with Crippen molar-refractivity contribution in [2.45, 2.75) is 30.8 Å². The second-order valence-electron chi connectivity index (χ2n) is 8.92. The summed E-state index contributed by atoms with van der Waals surface area (Å²) in [4.78, 5) is 31.6. The lowest BCUT2D eigenvalue weighted by molar-refractivity contribution is -0.122. The first-order valence-corrected chi connectivity index (χ1v) is 11.4. The SMILES string of the molecule is CNC(=O)C(c1ccc2c(c1)NC(=O)C2)[C@H](CN1CC[C@H](O)C1)c1cccc(-c2ncon2)c1. The van der Waals surface area contributed by atoms with Gasteiger partial charge in [0.25, 0.3) is 0 Å². The number of aromatic nitrogens is 2. The van der Waals surface area contributed by atoms with Gasteiger partial charge in [-0.25, -0.2) is 0 Å². The zero-order chi connectivity index (χ0) is 23.7. The summed E-state index contributed by atoms with van der Waals surface area (Å²) in [5, 5.41) is 19.8. The van der Waals surface area contributed by atoms with Crippen molar-refractivity contribution < 1.29 is 19.2 Å². The number of nitrogens with one attached hydrogen (secondary N) is 2. The standard InChI is InChI=1S/C25H27N5O4/c1-26-25(33)23(17-6-5-16-11-22(32)28-21(16)10-17)20(13-30-8-7-19(31)12-30)15-3-2-4-18(9-15)24-27-14-34-29-24/h2-6,9-10,14,19-20,23,31H,7-8,11-13H2,1H3,(H,26,33)(H,28,32)/t19-,20+,23?/m0/s1. The van der Waals surface area contributed by atoms with Crippen LogP contribution in [0.3, 0.4) is 0 Å². The summed E-state index contributed by atoms with van der Waals surface area (Å²) in [5.74, 6) is -0.398. The summed E-state index contributed by atoms with van der Waals surface area (Å²) < 4.78 is 4.92. The van der Waals surface area contributed by atoms with Crippen LogP contribution >= 0.6 is 0 Å². The molecule has 0 bridgehead atoms. The Morgan fingerprint density at radius 2 is 2.18 bits per heavy atom. The van der Waals surface area contributed by atoms with Gasteiger partial charge in [-0.2, -0.15) is 4.98 Å². The molecule has 176 valence electrons. The number of likely N-dealkylation sites (tertiary alicyclic amines) is 1. The van der Waals surface area contributed by atoms with Crippen LogP contribution in [0.25, 0.3) is 11.4 Å². The van der Waals surface area contributed by atoms with Gasteiger partial charge in [0, 0.05) is 43.9 Å². The minimum absolute atomic E-state index is 0.0425. The Bertz CT molecular complexity index is 1200. The molecule has 3 atom stereocenters. The van der Waals surface area contributed by atoms with Crippen LogP contribution < -0.4 is 10.6 Å². The number of nitrogens with zero attached hydrogens (tertiary/aromatic N) is 3. The summed E-state index contributed by atoms with van der Waals surface area (Å²) in [5.41, 5.74) is 4.28. The van der Waals surface area contributed by atoms with Gasteiger partial charge < -0.3 is 25.2 Å². The molecule has 3 N–H and O–H groups in total. The number of hydrogen-bond donors (Lipinski definition) is 3. The topological polar surface area (TPSA) is 121 Å². The Balaban J connectivity index is 1.57. The largest absolute Gasteiger partial charge is 0.392 e. The molecule has 1 fully saturated rings. The third-order valence-electron chi connectivity index (χ3n) is 6.69. The summed E-state index contributed by atoms with van der Waals surface area (Å²) in [6.45, 7) is 1.93. The highest BCUT2D eigenvalue weighted by molar-refractivity contribution is 5.99. The van der Waals surface area contributed by atoms with Crippen LogP contribution in [0.2, 0.25) is 0 Å². The number of benzene rings is 2. The quantitative estimate of drug-likeness (QED) is 0.492. The van der Waals surface area contributed by atoms with Crippen molar-refractivity contribution in [3.8, 4) is 11.4 Å². The Labute approximate surface area is 197 Å². The first-order valence-electron chi connectivity index (χ1n) is 11.4. The van der Waals surface area contributed by atoms with E-state index < -0.39 is 5.92 Å². The maximum atomic E-state index is 13.3. The van der Waals surface area contributed by atoms with Crippen molar-refractivity contribution in [2.75, 3.05) is 32.0 Å². The van der Waals surface area contributed by atoms with Crippen molar-refractivity contribution in [1.29, 1.82) is 0 Å².